The first-order valence-corrected chi connectivity index (χ1v) is 15.6. The van der Waals surface area contributed by atoms with E-state index in [0.29, 0.717) is 5.56 Å². The van der Waals surface area contributed by atoms with Gasteiger partial charge in [-0.25, -0.2) is 19.4 Å². The summed E-state index contributed by atoms with van der Waals surface area (Å²) >= 11 is 0. The fraction of sp³-hybridized carbons (Fsp3) is 0.258. The molecule has 0 aliphatic carbocycles. The highest BCUT2D eigenvalue weighted by Gasteiger charge is 2.51. The minimum Gasteiger partial charge on any atom is -0.404 e. The van der Waals surface area contributed by atoms with E-state index >= 15 is 0 Å². The van der Waals surface area contributed by atoms with Gasteiger partial charge in [0.2, 0.25) is 11.8 Å². The Kier molecular flexibility index (Phi) is 9.46. The van der Waals surface area contributed by atoms with Gasteiger partial charge in [-0.2, -0.15) is 0 Å². The molecule has 13 heteroatoms. The molecule has 5 rings (SSSR count). The fourth-order valence-corrected chi connectivity index (χ4v) is 5.95. The zero-order chi connectivity index (χ0) is 31.3. The number of amides is 4. The van der Waals surface area contributed by atoms with Crippen molar-refractivity contribution in [3.8, 4) is 5.75 Å². The Morgan fingerprint density at radius 3 is 2.20 bits per heavy atom. The van der Waals surface area contributed by atoms with E-state index in [2.05, 4.69) is 16.4 Å². The highest BCUT2D eigenvalue weighted by Crippen LogP contribution is 2.37. The van der Waals surface area contributed by atoms with E-state index in [-0.39, 0.29) is 56.7 Å². The number of hydrogen-bond acceptors (Lipinski definition) is 6. The molecule has 2 aliphatic rings. The Morgan fingerprint density at radius 1 is 0.955 bits per heavy atom. The average molecular weight is 620 g/mol. The van der Waals surface area contributed by atoms with E-state index in [1.165, 1.54) is 22.0 Å². The number of nitrogens with zero attached hydrogens (tertiary/aromatic N) is 4. The number of fused-ring (bicyclic) bond motifs is 1. The van der Waals surface area contributed by atoms with Crippen LogP contribution in [0.15, 0.2) is 97.6 Å². The third kappa shape index (κ3) is 7.35. The van der Waals surface area contributed by atoms with Crippen LogP contribution in [0.5, 0.6) is 5.75 Å². The first-order chi connectivity index (χ1) is 21.1. The maximum atomic E-state index is 14.0. The van der Waals surface area contributed by atoms with Crippen molar-refractivity contribution in [2.75, 3.05) is 19.6 Å². The molecule has 230 valence electrons. The van der Waals surface area contributed by atoms with Gasteiger partial charge in [0.15, 0.2) is 0 Å². The van der Waals surface area contributed by atoms with Crippen LogP contribution in [0, 0.1) is 0 Å². The number of phosphoric ester groups is 1. The molecule has 2 fully saturated rings. The molecular formula is C31H34N5O7P. The molecule has 4 amide bonds. The molecule has 3 aromatic carbocycles. The Bertz CT molecular complexity index is 1530. The largest absolute Gasteiger partial charge is 0.524 e. The van der Waals surface area contributed by atoms with Crippen molar-refractivity contribution in [2.45, 2.75) is 31.7 Å². The van der Waals surface area contributed by atoms with Crippen molar-refractivity contribution < 1.29 is 33.3 Å². The number of rotatable bonds is 10. The summed E-state index contributed by atoms with van der Waals surface area (Å²) in [5.74, 6) is -0.602. The molecule has 12 nitrogen and oxygen atoms in total. The molecule has 0 bridgehead atoms. The highest BCUT2D eigenvalue weighted by molar-refractivity contribution is 7.46. The minimum atomic E-state index is -4.74. The standard InChI is InChI=1S/C31H34N5O7P/c1-2-17-34-22-29(37)35-27(18-23-13-15-26(16-14-23)43-44(40,41)42)30(38)33(20-25-11-7-4-8-12-25)21-28(35)36(34)31(39)32-19-24-9-5-3-6-10-24/h2-16,27-28H,1,17-22H2,(H,32,39)(H2,40,41,42)/t27-,28?/m0/s1. The van der Waals surface area contributed by atoms with Crippen LogP contribution < -0.4 is 9.84 Å². The Labute approximate surface area is 255 Å². The van der Waals surface area contributed by atoms with E-state index in [4.69, 9.17) is 9.79 Å². The van der Waals surface area contributed by atoms with Gasteiger partial charge in [-0.15, -0.1) is 6.58 Å². The first-order valence-electron chi connectivity index (χ1n) is 14.1. The lowest BCUT2D eigenvalue weighted by Gasteiger charge is -2.55. The van der Waals surface area contributed by atoms with Crippen LogP contribution in [0.1, 0.15) is 16.7 Å². The number of hydrogen-bond donors (Lipinski definition) is 3. The molecule has 2 saturated heterocycles. The maximum Gasteiger partial charge on any atom is 0.524 e. The van der Waals surface area contributed by atoms with E-state index in [0.717, 1.165) is 11.1 Å². The molecule has 2 heterocycles. The zero-order valence-corrected chi connectivity index (χ0v) is 24.8. The summed E-state index contributed by atoms with van der Waals surface area (Å²) < 4.78 is 15.9. The summed E-state index contributed by atoms with van der Waals surface area (Å²) in [6.07, 6.45) is 0.939. The van der Waals surface area contributed by atoms with Gasteiger partial charge in [0, 0.05) is 26.1 Å². The number of urea groups is 1. The van der Waals surface area contributed by atoms with Gasteiger partial charge >= 0.3 is 13.9 Å². The van der Waals surface area contributed by atoms with Gasteiger partial charge < -0.3 is 19.6 Å². The molecule has 0 saturated carbocycles. The number of phosphoric acid groups is 1. The Morgan fingerprint density at radius 2 is 1.59 bits per heavy atom. The van der Waals surface area contributed by atoms with Gasteiger partial charge in [-0.3, -0.25) is 19.4 Å². The number of hydrazine groups is 1. The lowest BCUT2D eigenvalue weighted by Crippen LogP contribution is -2.76. The number of piperazine rings is 1. The quantitative estimate of drug-likeness (QED) is 0.232. The van der Waals surface area contributed by atoms with Gasteiger partial charge in [-0.1, -0.05) is 78.9 Å². The number of nitrogens with one attached hydrogen (secondary N) is 1. The van der Waals surface area contributed by atoms with Gasteiger partial charge in [-0.05, 0) is 28.8 Å². The lowest BCUT2D eigenvalue weighted by molar-refractivity contribution is -0.189. The van der Waals surface area contributed by atoms with Crippen molar-refractivity contribution in [3.63, 3.8) is 0 Å². The van der Waals surface area contributed by atoms with Crippen LogP contribution in [0.25, 0.3) is 0 Å². The molecule has 44 heavy (non-hydrogen) atoms. The molecule has 3 N–H and O–H groups in total. The topological polar surface area (TPSA) is 143 Å². The molecule has 0 spiro atoms. The van der Waals surface area contributed by atoms with Crippen LogP contribution in [0.2, 0.25) is 0 Å². The summed E-state index contributed by atoms with van der Waals surface area (Å²) in [5, 5.41) is 6.11. The summed E-state index contributed by atoms with van der Waals surface area (Å²) in [6, 6.07) is 23.6. The second kappa shape index (κ2) is 13.4. The van der Waals surface area contributed by atoms with Gasteiger partial charge in [0.1, 0.15) is 18.0 Å². The van der Waals surface area contributed by atoms with Gasteiger partial charge in [0.05, 0.1) is 13.1 Å². The first kappa shape index (κ1) is 31.0. The second-order valence-electron chi connectivity index (χ2n) is 10.6. The number of benzene rings is 3. The monoisotopic (exact) mass is 619 g/mol. The van der Waals surface area contributed by atoms with Crippen LogP contribution in [-0.4, -0.2) is 79.3 Å². The Hall–Kier alpha value is -4.48. The predicted molar refractivity (Wildman–Crippen MR) is 161 cm³/mol. The number of carbonyl (C=O) groups excluding carboxylic acids is 3. The molecule has 0 aromatic heterocycles. The lowest BCUT2D eigenvalue weighted by atomic mass is 9.98. The van der Waals surface area contributed by atoms with Crippen LogP contribution in [-0.2, 0) is 33.7 Å². The normalized spacial score (nSPS) is 19.0. The third-order valence-corrected chi connectivity index (χ3v) is 7.91. The van der Waals surface area contributed by atoms with E-state index < -0.39 is 26.1 Å². The van der Waals surface area contributed by atoms with Crippen molar-refractivity contribution in [1.82, 2.24) is 25.1 Å². The van der Waals surface area contributed by atoms with E-state index in [9.17, 15) is 18.9 Å². The van der Waals surface area contributed by atoms with Crippen LogP contribution >= 0.6 is 7.82 Å². The molecule has 2 aliphatic heterocycles. The second-order valence-corrected chi connectivity index (χ2v) is 11.7. The van der Waals surface area contributed by atoms with Crippen molar-refractivity contribution in [1.29, 1.82) is 0 Å². The molecule has 0 radical (unpaired) electrons. The zero-order valence-electron chi connectivity index (χ0n) is 23.9. The van der Waals surface area contributed by atoms with Gasteiger partial charge in [0.25, 0.3) is 0 Å². The van der Waals surface area contributed by atoms with Crippen molar-refractivity contribution in [3.05, 3.63) is 114 Å². The average Bonchev–Trinajstić information content (AvgIpc) is 2.99. The molecular weight excluding hydrogens is 585 g/mol. The summed E-state index contributed by atoms with van der Waals surface area (Å²) in [7, 11) is -4.74. The Balaban J connectivity index is 1.47. The van der Waals surface area contributed by atoms with E-state index in [1.807, 2.05) is 60.7 Å². The number of carbonyl (C=O) groups is 3. The van der Waals surface area contributed by atoms with Crippen molar-refractivity contribution >= 4 is 25.7 Å². The molecule has 3 aromatic rings. The smallest absolute Gasteiger partial charge is 0.404 e. The van der Waals surface area contributed by atoms with Crippen LogP contribution in [0.3, 0.4) is 0 Å². The SMILES string of the molecule is C=CCN1CC(=O)N2C(CN(Cc3ccccc3)C(=O)[C@@H]2Cc2ccc(OP(=O)(O)O)cc2)N1C(=O)NCc1ccccc1. The third-order valence-electron chi connectivity index (χ3n) is 7.46. The summed E-state index contributed by atoms with van der Waals surface area (Å²) in [5.41, 5.74) is 2.45. The van der Waals surface area contributed by atoms with E-state index in [1.54, 1.807) is 28.1 Å². The van der Waals surface area contributed by atoms with Crippen LogP contribution in [0.4, 0.5) is 4.79 Å². The molecule has 1 unspecified atom stereocenters. The maximum absolute atomic E-state index is 14.0. The summed E-state index contributed by atoms with van der Waals surface area (Å²) in [4.78, 5) is 62.9. The fourth-order valence-electron chi connectivity index (χ4n) is 5.55. The van der Waals surface area contributed by atoms with Crippen molar-refractivity contribution in [2.24, 2.45) is 0 Å². The summed E-state index contributed by atoms with van der Waals surface area (Å²) in [6.45, 7) is 4.58. The molecule has 2 atom stereocenters. The predicted octanol–water partition coefficient (Wildman–Crippen LogP) is 2.89. The highest BCUT2D eigenvalue weighted by atomic mass is 31.2. The minimum absolute atomic E-state index is 0.0315.